The summed E-state index contributed by atoms with van der Waals surface area (Å²) in [5.41, 5.74) is 6.41. The molecule has 0 spiro atoms. The first kappa shape index (κ1) is 9.52. The Balaban J connectivity index is 2.32. The summed E-state index contributed by atoms with van der Waals surface area (Å²) >= 11 is 5.74. The third-order valence-electron chi connectivity index (χ3n) is 2.37. The lowest BCUT2D eigenvalue weighted by atomic mass is 10.4. The molecule has 1 aromatic heterocycles. The Hall–Kier alpha value is -1.03. The summed E-state index contributed by atoms with van der Waals surface area (Å²) in [7, 11) is 0. The molecule has 1 saturated carbocycles. The topological polar surface area (TPSA) is 55.0 Å². The van der Waals surface area contributed by atoms with Crippen molar-refractivity contribution in [2.75, 3.05) is 17.2 Å². The summed E-state index contributed by atoms with van der Waals surface area (Å²) in [6, 6.07) is 0.591. The molecule has 5 heteroatoms. The Kier molecular flexibility index (Phi) is 2.46. The number of hydrogen-bond donors (Lipinski definition) is 1. The average Bonchev–Trinajstić information content (AvgIpc) is 2.96. The van der Waals surface area contributed by atoms with Gasteiger partial charge in [0.05, 0.1) is 11.9 Å². The minimum atomic E-state index is 0.258. The van der Waals surface area contributed by atoms with E-state index in [0.717, 1.165) is 12.4 Å². The molecule has 2 rings (SSSR count). The molecule has 2 N–H and O–H groups in total. The monoisotopic (exact) mass is 212 g/mol. The maximum absolute atomic E-state index is 5.81. The number of nitrogens with two attached hydrogens (primary N) is 1. The Morgan fingerprint density at radius 3 is 2.93 bits per heavy atom. The van der Waals surface area contributed by atoms with Crippen LogP contribution in [-0.2, 0) is 0 Å². The molecule has 0 aromatic carbocycles. The minimum absolute atomic E-state index is 0.258. The lowest BCUT2D eigenvalue weighted by Gasteiger charge is -2.22. The van der Waals surface area contributed by atoms with Gasteiger partial charge in [0.25, 0.3) is 0 Å². The van der Waals surface area contributed by atoms with Gasteiger partial charge in [-0.1, -0.05) is 0 Å². The van der Waals surface area contributed by atoms with Gasteiger partial charge in [0.15, 0.2) is 5.82 Å². The summed E-state index contributed by atoms with van der Waals surface area (Å²) in [5.74, 6) is 0.773. The lowest BCUT2D eigenvalue weighted by Crippen LogP contribution is -2.27. The van der Waals surface area contributed by atoms with Gasteiger partial charge in [-0.15, -0.1) is 0 Å². The smallest absolute Gasteiger partial charge is 0.224 e. The first-order chi connectivity index (χ1) is 6.72. The highest BCUT2D eigenvalue weighted by Crippen LogP contribution is 2.33. The third kappa shape index (κ3) is 1.75. The Morgan fingerprint density at radius 1 is 1.64 bits per heavy atom. The number of nitrogens with zero attached hydrogens (tertiary/aromatic N) is 3. The summed E-state index contributed by atoms with van der Waals surface area (Å²) in [6.45, 7) is 3.00. The second-order valence-electron chi connectivity index (χ2n) is 3.44. The summed E-state index contributed by atoms with van der Waals surface area (Å²) < 4.78 is 0. The van der Waals surface area contributed by atoms with Crippen LogP contribution in [0.5, 0.6) is 0 Å². The Bertz CT molecular complexity index is 338. The molecule has 1 fully saturated rings. The fourth-order valence-corrected chi connectivity index (χ4v) is 1.69. The molecule has 0 unspecified atom stereocenters. The van der Waals surface area contributed by atoms with Crippen molar-refractivity contribution in [3.05, 3.63) is 11.5 Å². The van der Waals surface area contributed by atoms with E-state index in [0.29, 0.717) is 11.7 Å². The fourth-order valence-electron chi connectivity index (χ4n) is 1.56. The second kappa shape index (κ2) is 3.61. The maximum atomic E-state index is 5.81. The highest BCUT2D eigenvalue weighted by molar-refractivity contribution is 6.28. The van der Waals surface area contributed by atoms with Gasteiger partial charge in [-0.05, 0) is 31.4 Å². The Labute approximate surface area is 88.1 Å². The molecule has 1 aromatic rings. The van der Waals surface area contributed by atoms with Gasteiger partial charge >= 0.3 is 0 Å². The zero-order valence-corrected chi connectivity index (χ0v) is 8.83. The van der Waals surface area contributed by atoms with Crippen LogP contribution in [0.15, 0.2) is 6.20 Å². The van der Waals surface area contributed by atoms with Crippen molar-refractivity contribution in [1.82, 2.24) is 9.97 Å². The number of halogens is 1. The second-order valence-corrected chi connectivity index (χ2v) is 3.77. The van der Waals surface area contributed by atoms with Gasteiger partial charge in [0.2, 0.25) is 5.28 Å². The molecule has 1 aliphatic rings. The zero-order chi connectivity index (χ0) is 10.1. The van der Waals surface area contributed by atoms with Gasteiger partial charge in [0.1, 0.15) is 0 Å². The van der Waals surface area contributed by atoms with E-state index in [2.05, 4.69) is 21.8 Å². The van der Waals surface area contributed by atoms with Crippen molar-refractivity contribution < 1.29 is 0 Å². The molecular formula is C9H13ClN4. The fraction of sp³-hybridized carbons (Fsp3) is 0.556. The molecule has 0 saturated heterocycles. The summed E-state index contributed by atoms with van der Waals surface area (Å²) in [6.07, 6.45) is 4.00. The molecule has 0 amide bonds. The van der Waals surface area contributed by atoms with E-state index in [-0.39, 0.29) is 5.28 Å². The Morgan fingerprint density at radius 2 is 2.36 bits per heavy atom. The van der Waals surface area contributed by atoms with Crippen molar-refractivity contribution in [2.24, 2.45) is 0 Å². The van der Waals surface area contributed by atoms with Crippen LogP contribution in [0, 0.1) is 0 Å². The lowest BCUT2D eigenvalue weighted by molar-refractivity contribution is 0.807. The van der Waals surface area contributed by atoms with Crippen LogP contribution in [0.2, 0.25) is 5.28 Å². The predicted octanol–water partition coefficient (Wildman–Crippen LogP) is 1.70. The van der Waals surface area contributed by atoms with E-state index in [1.807, 2.05) is 0 Å². The van der Waals surface area contributed by atoms with E-state index in [4.69, 9.17) is 17.3 Å². The highest BCUT2D eigenvalue weighted by Gasteiger charge is 2.30. The number of anilines is 2. The van der Waals surface area contributed by atoms with E-state index in [1.165, 1.54) is 12.8 Å². The first-order valence-corrected chi connectivity index (χ1v) is 5.14. The normalized spacial score (nSPS) is 15.6. The highest BCUT2D eigenvalue weighted by atomic mass is 35.5. The number of aromatic nitrogens is 2. The quantitative estimate of drug-likeness (QED) is 0.775. The van der Waals surface area contributed by atoms with Crippen molar-refractivity contribution in [3.63, 3.8) is 0 Å². The van der Waals surface area contributed by atoms with E-state index >= 15 is 0 Å². The van der Waals surface area contributed by atoms with Crippen molar-refractivity contribution in [1.29, 1.82) is 0 Å². The average molecular weight is 213 g/mol. The van der Waals surface area contributed by atoms with Gasteiger partial charge in [-0.3, -0.25) is 0 Å². The van der Waals surface area contributed by atoms with E-state index in [1.54, 1.807) is 6.20 Å². The van der Waals surface area contributed by atoms with Gasteiger partial charge in [-0.25, -0.2) is 4.98 Å². The predicted molar refractivity (Wildman–Crippen MR) is 57.5 cm³/mol. The van der Waals surface area contributed by atoms with Crippen molar-refractivity contribution >= 4 is 23.1 Å². The van der Waals surface area contributed by atoms with E-state index in [9.17, 15) is 0 Å². The van der Waals surface area contributed by atoms with Gasteiger partial charge in [0, 0.05) is 12.6 Å². The molecule has 0 radical (unpaired) electrons. The molecule has 0 bridgehead atoms. The standard InChI is InChI=1S/C9H13ClN4/c1-2-14(6-3-4-6)8-7(11)5-12-9(10)13-8/h5-6H,2-4,11H2,1H3. The molecule has 1 heterocycles. The third-order valence-corrected chi connectivity index (χ3v) is 2.55. The molecule has 76 valence electrons. The van der Waals surface area contributed by atoms with Crippen molar-refractivity contribution in [3.8, 4) is 0 Å². The van der Waals surface area contributed by atoms with Gasteiger partial charge < -0.3 is 10.6 Å². The minimum Gasteiger partial charge on any atom is -0.394 e. The molecule has 0 atom stereocenters. The van der Waals surface area contributed by atoms with Crippen LogP contribution < -0.4 is 10.6 Å². The van der Waals surface area contributed by atoms with E-state index < -0.39 is 0 Å². The largest absolute Gasteiger partial charge is 0.394 e. The zero-order valence-electron chi connectivity index (χ0n) is 8.07. The number of nitrogen functional groups attached to an aromatic ring is 1. The molecule has 0 aliphatic heterocycles. The maximum Gasteiger partial charge on any atom is 0.224 e. The van der Waals surface area contributed by atoms with Crippen LogP contribution >= 0.6 is 11.6 Å². The molecule has 14 heavy (non-hydrogen) atoms. The first-order valence-electron chi connectivity index (χ1n) is 4.77. The van der Waals surface area contributed by atoms with Crippen LogP contribution in [0.25, 0.3) is 0 Å². The van der Waals surface area contributed by atoms with Crippen molar-refractivity contribution in [2.45, 2.75) is 25.8 Å². The summed E-state index contributed by atoms with van der Waals surface area (Å²) in [5, 5.41) is 0.258. The summed E-state index contributed by atoms with van der Waals surface area (Å²) in [4.78, 5) is 10.2. The van der Waals surface area contributed by atoms with Crippen LogP contribution in [0.1, 0.15) is 19.8 Å². The van der Waals surface area contributed by atoms with Gasteiger partial charge in [-0.2, -0.15) is 4.98 Å². The SMILES string of the molecule is CCN(c1nc(Cl)ncc1N)C1CC1. The molecule has 1 aliphatic carbocycles. The molecular weight excluding hydrogens is 200 g/mol. The van der Waals surface area contributed by atoms with Crippen LogP contribution in [0.4, 0.5) is 11.5 Å². The van der Waals surface area contributed by atoms with Crippen LogP contribution in [0.3, 0.4) is 0 Å². The number of rotatable bonds is 3. The number of hydrogen-bond acceptors (Lipinski definition) is 4. The van der Waals surface area contributed by atoms with Crippen LogP contribution in [-0.4, -0.2) is 22.6 Å². The molecule has 4 nitrogen and oxygen atoms in total.